The van der Waals surface area contributed by atoms with Gasteiger partial charge in [-0.1, -0.05) is 6.92 Å². The highest BCUT2D eigenvalue weighted by atomic mass is 16.3. The Kier molecular flexibility index (Phi) is 6.12. The van der Waals surface area contributed by atoms with E-state index in [4.69, 9.17) is 11.5 Å². The van der Waals surface area contributed by atoms with Crippen molar-refractivity contribution in [3.8, 4) is 12.3 Å². The molecule has 0 bridgehead atoms. The van der Waals surface area contributed by atoms with Gasteiger partial charge in [-0.3, -0.25) is 4.79 Å². The molecule has 3 nitrogen and oxygen atoms in total. The second-order valence-corrected chi connectivity index (χ2v) is 2.56. The Balaban J connectivity index is 3.60. The molecule has 0 saturated carbocycles. The maximum atomic E-state index is 11.0. The minimum Gasteiger partial charge on any atom is -0.394 e. The number of carbonyl (C=O) groups is 1. The fourth-order valence-electron chi connectivity index (χ4n) is 0.762. The van der Waals surface area contributed by atoms with Gasteiger partial charge in [-0.15, -0.1) is 12.3 Å². The van der Waals surface area contributed by atoms with Crippen molar-refractivity contribution in [2.24, 2.45) is 0 Å². The van der Waals surface area contributed by atoms with Crippen LogP contribution in [0.15, 0.2) is 0 Å². The Bertz CT molecular complexity index is 168. The van der Waals surface area contributed by atoms with Gasteiger partial charge in [0, 0.05) is 12.8 Å². The van der Waals surface area contributed by atoms with Crippen LogP contribution in [0.1, 0.15) is 26.2 Å². The van der Waals surface area contributed by atoms with Gasteiger partial charge in [-0.2, -0.15) is 0 Å². The van der Waals surface area contributed by atoms with Crippen molar-refractivity contribution in [3.05, 3.63) is 0 Å². The van der Waals surface area contributed by atoms with Crippen molar-refractivity contribution >= 4 is 5.91 Å². The third-order valence-corrected chi connectivity index (χ3v) is 1.57. The fourth-order valence-corrected chi connectivity index (χ4v) is 0.762. The summed E-state index contributed by atoms with van der Waals surface area (Å²) in [4.78, 5) is 11.0. The number of aliphatic hydroxyl groups excluding tert-OH is 1. The number of amides is 1. The molecular formula is C9H15NO2. The molecule has 0 aromatic heterocycles. The molecule has 0 aliphatic carbocycles. The van der Waals surface area contributed by atoms with Crippen LogP contribution in [0.5, 0.6) is 0 Å². The van der Waals surface area contributed by atoms with Crippen LogP contribution in [0.4, 0.5) is 0 Å². The minimum atomic E-state index is -0.129. The van der Waals surface area contributed by atoms with E-state index in [2.05, 4.69) is 11.2 Å². The number of carbonyl (C=O) groups excluding carboxylic acids is 1. The van der Waals surface area contributed by atoms with Crippen molar-refractivity contribution in [1.82, 2.24) is 5.32 Å². The number of rotatable bonds is 5. The normalized spacial score (nSPS) is 11.8. The first-order valence-electron chi connectivity index (χ1n) is 4.08. The Hall–Kier alpha value is -1.01. The van der Waals surface area contributed by atoms with Crippen LogP contribution in [0.2, 0.25) is 0 Å². The smallest absolute Gasteiger partial charge is 0.221 e. The summed E-state index contributed by atoms with van der Waals surface area (Å²) in [7, 11) is 0. The van der Waals surface area contributed by atoms with Gasteiger partial charge in [0.15, 0.2) is 0 Å². The van der Waals surface area contributed by atoms with Gasteiger partial charge in [0.1, 0.15) is 0 Å². The maximum absolute atomic E-state index is 11.0. The third-order valence-electron chi connectivity index (χ3n) is 1.57. The number of hydrogen-bond acceptors (Lipinski definition) is 2. The molecule has 12 heavy (non-hydrogen) atoms. The summed E-state index contributed by atoms with van der Waals surface area (Å²) in [6, 6.07) is -0.129. The van der Waals surface area contributed by atoms with Crippen LogP contribution in [-0.4, -0.2) is 23.7 Å². The average Bonchev–Trinajstić information content (AvgIpc) is 2.10. The van der Waals surface area contributed by atoms with E-state index in [9.17, 15) is 4.79 Å². The van der Waals surface area contributed by atoms with E-state index in [-0.39, 0.29) is 18.6 Å². The molecule has 68 valence electrons. The predicted molar refractivity (Wildman–Crippen MR) is 47.4 cm³/mol. The molecule has 1 amide bonds. The van der Waals surface area contributed by atoms with Crippen molar-refractivity contribution in [2.75, 3.05) is 6.61 Å². The Morgan fingerprint density at radius 2 is 2.42 bits per heavy atom. The maximum Gasteiger partial charge on any atom is 0.221 e. The van der Waals surface area contributed by atoms with Crippen LogP contribution >= 0.6 is 0 Å². The lowest BCUT2D eigenvalue weighted by molar-refractivity contribution is -0.122. The molecule has 0 fully saturated rings. The first-order chi connectivity index (χ1) is 5.74. The number of nitrogens with one attached hydrogen (secondary N) is 1. The van der Waals surface area contributed by atoms with E-state index in [0.29, 0.717) is 12.8 Å². The van der Waals surface area contributed by atoms with Gasteiger partial charge in [0.05, 0.1) is 12.6 Å². The van der Waals surface area contributed by atoms with Crippen LogP contribution in [0.3, 0.4) is 0 Å². The molecule has 0 heterocycles. The molecule has 0 unspecified atom stereocenters. The topological polar surface area (TPSA) is 49.3 Å². The van der Waals surface area contributed by atoms with Gasteiger partial charge in [0.25, 0.3) is 0 Å². The van der Waals surface area contributed by atoms with Gasteiger partial charge >= 0.3 is 0 Å². The van der Waals surface area contributed by atoms with Crippen LogP contribution in [-0.2, 0) is 4.79 Å². The van der Waals surface area contributed by atoms with E-state index in [1.165, 1.54) is 0 Å². The molecule has 0 aliphatic heterocycles. The van der Waals surface area contributed by atoms with Crippen molar-refractivity contribution in [2.45, 2.75) is 32.2 Å². The third kappa shape index (κ3) is 4.75. The molecule has 0 spiro atoms. The van der Waals surface area contributed by atoms with E-state index >= 15 is 0 Å². The van der Waals surface area contributed by atoms with Gasteiger partial charge in [-0.05, 0) is 6.42 Å². The lowest BCUT2D eigenvalue weighted by atomic mass is 10.2. The highest BCUT2D eigenvalue weighted by Gasteiger charge is 2.07. The van der Waals surface area contributed by atoms with Gasteiger partial charge in [-0.25, -0.2) is 0 Å². The van der Waals surface area contributed by atoms with Gasteiger partial charge in [0.2, 0.25) is 5.91 Å². The summed E-state index contributed by atoms with van der Waals surface area (Å²) >= 11 is 0. The van der Waals surface area contributed by atoms with Crippen molar-refractivity contribution in [1.29, 1.82) is 0 Å². The predicted octanol–water partition coefficient (Wildman–Crippen LogP) is 0.287. The molecule has 1 atom stereocenters. The summed E-state index contributed by atoms with van der Waals surface area (Å²) in [6.07, 6.45) is 6.52. The summed E-state index contributed by atoms with van der Waals surface area (Å²) in [5.41, 5.74) is 0. The average molecular weight is 169 g/mol. The lowest BCUT2D eigenvalue weighted by Gasteiger charge is -2.12. The van der Waals surface area contributed by atoms with Gasteiger partial charge < -0.3 is 10.4 Å². The van der Waals surface area contributed by atoms with E-state index in [1.54, 1.807) is 0 Å². The molecule has 0 aromatic carbocycles. The number of terminal acetylenes is 1. The molecule has 0 aliphatic rings. The largest absolute Gasteiger partial charge is 0.394 e. The molecule has 0 aromatic rings. The van der Waals surface area contributed by atoms with E-state index in [1.807, 2.05) is 6.92 Å². The van der Waals surface area contributed by atoms with E-state index in [0.717, 1.165) is 6.42 Å². The number of hydrogen-bond donors (Lipinski definition) is 2. The second kappa shape index (κ2) is 6.68. The summed E-state index contributed by atoms with van der Waals surface area (Å²) in [5.74, 6) is 2.30. The monoisotopic (exact) mass is 169 g/mol. The zero-order valence-electron chi connectivity index (χ0n) is 7.34. The highest BCUT2D eigenvalue weighted by molar-refractivity contribution is 5.76. The molecule has 0 radical (unpaired) electrons. The summed E-state index contributed by atoms with van der Waals surface area (Å²) < 4.78 is 0. The minimum absolute atomic E-state index is 0.0156. The Morgan fingerprint density at radius 3 is 2.83 bits per heavy atom. The number of aliphatic hydroxyl groups is 1. The molecule has 2 N–H and O–H groups in total. The highest BCUT2D eigenvalue weighted by Crippen LogP contribution is 1.92. The fraction of sp³-hybridized carbons (Fsp3) is 0.667. The van der Waals surface area contributed by atoms with Crippen molar-refractivity contribution < 1.29 is 9.90 Å². The molecule has 0 rings (SSSR count). The quantitative estimate of drug-likeness (QED) is 0.581. The summed E-state index contributed by atoms with van der Waals surface area (Å²) in [6.45, 7) is 1.89. The Labute approximate surface area is 73.2 Å². The lowest BCUT2D eigenvalue weighted by Crippen LogP contribution is -2.36. The first-order valence-corrected chi connectivity index (χ1v) is 4.08. The van der Waals surface area contributed by atoms with Crippen LogP contribution in [0, 0.1) is 12.3 Å². The first kappa shape index (κ1) is 11.0. The zero-order chi connectivity index (χ0) is 9.40. The Morgan fingerprint density at radius 1 is 1.75 bits per heavy atom. The molecule has 0 saturated heterocycles. The second-order valence-electron chi connectivity index (χ2n) is 2.56. The molecule has 3 heteroatoms. The van der Waals surface area contributed by atoms with E-state index < -0.39 is 0 Å². The van der Waals surface area contributed by atoms with Crippen LogP contribution in [0.25, 0.3) is 0 Å². The summed E-state index contributed by atoms with van der Waals surface area (Å²) in [5, 5.41) is 11.4. The molecular weight excluding hydrogens is 154 g/mol. The van der Waals surface area contributed by atoms with Crippen LogP contribution < -0.4 is 5.32 Å². The standard InChI is InChI=1S/C9H15NO2/c1-3-5-6-9(12)10-8(4-2)7-11/h1,8,11H,4-7H2,2H3,(H,10,12)/t8-/m0/s1. The SMILES string of the molecule is C#CCCC(=O)N[C@@H](CC)CO. The zero-order valence-corrected chi connectivity index (χ0v) is 7.34. The van der Waals surface area contributed by atoms with Crippen molar-refractivity contribution in [3.63, 3.8) is 0 Å².